The second-order valence-corrected chi connectivity index (χ2v) is 9.07. The standard InChI is InChI=1S/C26H28N4O3S/c1-4-29(5-2)15-16-30-21(19-13-9-10-14-27-19)20(23(32)26(30)33)22(31)24-17(3)28-25(34-24)18-11-7-6-8-12-18/h6-14,21,32H,4-5,15-16H2,1-3H3. The molecule has 7 nitrogen and oxygen atoms in total. The Bertz CT molecular complexity index is 1200. The predicted octanol–water partition coefficient (Wildman–Crippen LogP) is 4.43. The summed E-state index contributed by atoms with van der Waals surface area (Å²) in [6.07, 6.45) is 1.63. The van der Waals surface area contributed by atoms with Crippen LogP contribution in [0.2, 0.25) is 0 Å². The van der Waals surface area contributed by atoms with Crippen molar-refractivity contribution >= 4 is 23.0 Å². The molecule has 34 heavy (non-hydrogen) atoms. The van der Waals surface area contributed by atoms with Crippen LogP contribution in [-0.4, -0.2) is 62.7 Å². The van der Waals surface area contributed by atoms with Crippen LogP contribution in [0.3, 0.4) is 0 Å². The van der Waals surface area contributed by atoms with Crippen molar-refractivity contribution in [3.05, 3.63) is 82.3 Å². The maximum absolute atomic E-state index is 13.8. The third-order valence-corrected chi connectivity index (χ3v) is 7.30. The number of ketones is 1. The molecule has 0 saturated carbocycles. The summed E-state index contributed by atoms with van der Waals surface area (Å²) in [4.78, 5) is 40.1. The molecule has 3 heterocycles. The number of aliphatic hydroxyl groups excluding tert-OH is 1. The Kier molecular flexibility index (Phi) is 7.19. The number of benzene rings is 1. The molecule has 1 N–H and O–H groups in total. The van der Waals surface area contributed by atoms with Crippen LogP contribution in [0.25, 0.3) is 10.6 Å². The van der Waals surface area contributed by atoms with Gasteiger partial charge in [0.1, 0.15) is 11.0 Å². The normalized spacial score (nSPS) is 16.1. The number of aliphatic hydroxyl groups is 1. The highest BCUT2D eigenvalue weighted by atomic mass is 32.1. The second kappa shape index (κ2) is 10.3. The third-order valence-electron chi connectivity index (χ3n) is 6.09. The average Bonchev–Trinajstić information content (AvgIpc) is 3.38. The van der Waals surface area contributed by atoms with E-state index in [0.29, 0.717) is 29.4 Å². The Hall–Kier alpha value is -3.36. The van der Waals surface area contributed by atoms with Gasteiger partial charge in [0.15, 0.2) is 5.76 Å². The zero-order valence-corrected chi connectivity index (χ0v) is 20.4. The first-order valence-electron chi connectivity index (χ1n) is 11.4. The Morgan fingerprint density at radius 2 is 1.82 bits per heavy atom. The van der Waals surface area contributed by atoms with E-state index >= 15 is 0 Å². The first kappa shape index (κ1) is 23.8. The number of carbonyl (C=O) groups is 2. The van der Waals surface area contributed by atoms with Gasteiger partial charge in [-0.1, -0.05) is 50.2 Å². The van der Waals surface area contributed by atoms with Gasteiger partial charge in [-0.25, -0.2) is 4.98 Å². The number of thiazole rings is 1. The first-order chi connectivity index (χ1) is 16.5. The van der Waals surface area contributed by atoms with Crippen molar-refractivity contribution < 1.29 is 14.7 Å². The number of aryl methyl sites for hydroxylation is 1. The van der Waals surface area contributed by atoms with Gasteiger partial charge in [0, 0.05) is 24.8 Å². The SMILES string of the molecule is CCN(CC)CCN1C(=O)C(O)=C(C(=O)c2sc(-c3ccccc3)nc2C)C1c1ccccn1. The molecule has 0 aliphatic carbocycles. The fourth-order valence-electron chi connectivity index (χ4n) is 4.18. The molecule has 0 spiro atoms. The number of rotatable bonds is 9. The van der Waals surface area contributed by atoms with E-state index in [9.17, 15) is 14.7 Å². The number of nitrogens with zero attached hydrogens (tertiary/aromatic N) is 4. The maximum Gasteiger partial charge on any atom is 0.290 e. The first-order valence-corrected chi connectivity index (χ1v) is 12.2. The van der Waals surface area contributed by atoms with Gasteiger partial charge >= 0.3 is 0 Å². The summed E-state index contributed by atoms with van der Waals surface area (Å²) < 4.78 is 0. The molecule has 1 atom stereocenters. The van der Waals surface area contributed by atoms with E-state index in [-0.39, 0.29) is 11.4 Å². The minimum absolute atomic E-state index is 0.0645. The van der Waals surface area contributed by atoms with Crippen molar-refractivity contribution in [1.82, 2.24) is 19.8 Å². The van der Waals surface area contributed by atoms with Crippen LogP contribution >= 0.6 is 11.3 Å². The lowest BCUT2D eigenvalue weighted by Gasteiger charge is -2.28. The minimum Gasteiger partial charge on any atom is -0.503 e. The summed E-state index contributed by atoms with van der Waals surface area (Å²) in [5.41, 5.74) is 2.10. The number of hydrogen-bond donors (Lipinski definition) is 1. The van der Waals surface area contributed by atoms with Gasteiger partial charge in [-0.3, -0.25) is 14.6 Å². The lowest BCUT2D eigenvalue weighted by atomic mass is 9.98. The minimum atomic E-state index is -0.751. The van der Waals surface area contributed by atoms with Crippen molar-refractivity contribution in [2.75, 3.05) is 26.2 Å². The summed E-state index contributed by atoms with van der Waals surface area (Å²) >= 11 is 1.27. The van der Waals surface area contributed by atoms with Gasteiger partial charge in [0.2, 0.25) is 5.78 Å². The lowest BCUT2D eigenvalue weighted by Crippen LogP contribution is -2.38. The monoisotopic (exact) mass is 476 g/mol. The molecule has 8 heteroatoms. The number of amides is 1. The van der Waals surface area contributed by atoms with Crippen LogP contribution in [0.15, 0.2) is 66.1 Å². The maximum atomic E-state index is 13.8. The number of aromatic nitrogens is 2. The van der Waals surface area contributed by atoms with Crippen LogP contribution in [0.1, 0.15) is 40.9 Å². The van der Waals surface area contributed by atoms with Crippen molar-refractivity contribution in [2.45, 2.75) is 26.8 Å². The van der Waals surface area contributed by atoms with Crippen molar-refractivity contribution in [3.63, 3.8) is 0 Å². The molecule has 0 saturated heterocycles. The quantitative estimate of drug-likeness (QED) is 0.460. The Balaban J connectivity index is 1.72. The highest BCUT2D eigenvalue weighted by Gasteiger charge is 2.45. The molecule has 0 radical (unpaired) electrons. The van der Waals surface area contributed by atoms with E-state index in [4.69, 9.17) is 0 Å². The highest BCUT2D eigenvalue weighted by Crippen LogP contribution is 2.40. The number of carbonyl (C=O) groups excluding carboxylic acids is 2. The summed E-state index contributed by atoms with van der Waals surface area (Å²) in [6.45, 7) is 8.60. The van der Waals surface area contributed by atoms with Crippen LogP contribution < -0.4 is 0 Å². The molecule has 3 aromatic rings. The molecular formula is C26H28N4O3S. The third kappa shape index (κ3) is 4.51. The van der Waals surface area contributed by atoms with Crippen LogP contribution in [-0.2, 0) is 4.79 Å². The molecule has 176 valence electrons. The largest absolute Gasteiger partial charge is 0.503 e. The van der Waals surface area contributed by atoms with Crippen molar-refractivity contribution in [2.24, 2.45) is 0 Å². The van der Waals surface area contributed by atoms with E-state index in [1.807, 2.05) is 36.4 Å². The summed E-state index contributed by atoms with van der Waals surface area (Å²) in [7, 11) is 0. The Morgan fingerprint density at radius 3 is 2.47 bits per heavy atom. The molecule has 4 rings (SSSR count). The summed E-state index contributed by atoms with van der Waals surface area (Å²) in [5, 5.41) is 11.6. The van der Waals surface area contributed by atoms with Gasteiger partial charge in [0.25, 0.3) is 5.91 Å². The van der Waals surface area contributed by atoms with E-state index in [1.165, 1.54) is 11.3 Å². The zero-order valence-electron chi connectivity index (χ0n) is 19.6. The predicted molar refractivity (Wildman–Crippen MR) is 133 cm³/mol. The smallest absolute Gasteiger partial charge is 0.290 e. The Morgan fingerprint density at radius 1 is 1.12 bits per heavy atom. The van der Waals surface area contributed by atoms with Gasteiger partial charge in [-0.2, -0.15) is 0 Å². The van der Waals surface area contributed by atoms with Crippen molar-refractivity contribution in [1.29, 1.82) is 0 Å². The van der Waals surface area contributed by atoms with Gasteiger partial charge < -0.3 is 14.9 Å². The molecule has 1 aliphatic rings. The van der Waals surface area contributed by atoms with E-state index in [0.717, 1.165) is 23.7 Å². The number of pyridine rings is 1. The molecule has 0 bridgehead atoms. The van der Waals surface area contributed by atoms with Crippen LogP contribution in [0.4, 0.5) is 0 Å². The van der Waals surface area contributed by atoms with Gasteiger partial charge in [-0.15, -0.1) is 11.3 Å². The van der Waals surface area contributed by atoms with Gasteiger partial charge in [0.05, 0.1) is 21.8 Å². The molecule has 1 amide bonds. The van der Waals surface area contributed by atoms with E-state index in [1.54, 1.807) is 30.2 Å². The highest BCUT2D eigenvalue weighted by molar-refractivity contribution is 7.17. The fraction of sp³-hybridized carbons (Fsp3) is 0.308. The molecular weight excluding hydrogens is 448 g/mol. The Labute approximate surface area is 203 Å². The molecule has 0 fully saturated rings. The zero-order chi connectivity index (χ0) is 24.2. The molecule has 1 aliphatic heterocycles. The van der Waals surface area contributed by atoms with E-state index in [2.05, 4.69) is 28.7 Å². The number of Topliss-reactive ketones (excluding diaryl/α,β-unsaturated/α-hetero) is 1. The van der Waals surface area contributed by atoms with Crippen LogP contribution in [0.5, 0.6) is 0 Å². The second-order valence-electron chi connectivity index (χ2n) is 8.07. The van der Waals surface area contributed by atoms with Gasteiger partial charge in [-0.05, 0) is 32.1 Å². The number of likely N-dealkylation sites (N-methyl/N-ethyl adjacent to an activating group) is 1. The molecule has 1 unspecified atom stereocenters. The lowest BCUT2D eigenvalue weighted by molar-refractivity contribution is -0.129. The van der Waals surface area contributed by atoms with Crippen molar-refractivity contribution in [3.8, 4) is 10.6 Å². The fourth-order valence-corrected chi connectivity index (χ4v) is 5.21. The molecule has 1 aromatic carbocycles. The van der Waals surface area contributed by atoms with Crippen LogP contribution in [0, 0.1) is 6.92 Å². The average molecular weight is 477 g/mol. The van der Waals surface area contributed by atoms with E-state index < -0.39 is 17.7 Å². The summed E-state index contributed by atoms with van der Waals surface area (Å²) in [5.74, 6) is -1.44. The molecule has 2 aromatic heterocycles. The number of hydrogen-bond acceptors (Lipinski definition) is 7. The summed E-state index contributed by atoms with van der Waals surface area (Å²) in [6, 6.07) is 14.3. The topological polar surface area (TPSA) is 86.6 Å².